The maximum atomic E-state index is 6.85. The predicted molar refractivity (Wildman–Crippen MR) is 185 cm³/mol. The van der Waals surface area contributed by atoms with Crippen LogP contribution in [0, 0.1) is 11.8 Å². The number of nitrogens with zero attached hydrogens (tertiary/aromatic N) is 1. The molecular weight excluding hydrogens is 551 g/mol. The molecule has 0 saturated carbocycles. The number of hydrogen-bond acceptors (Lipinski definition) is 2. The normalized spacial score (nSPS) is 27.4. The fourth-order valence-electron chi connectivity index (χ4n) is 8.72. The molecule has 9 rings (SSSR count). The van der Waals surface area contributed by atoms with Crippen LogP contribution in [0.15, 0.2) is 132 Å². The standard InChI is InChI=1S/C41H39NOSi/c1-44-37-17-9-15-35(39(37)40-38(44)25-24-34-33-14-7-8-16-36(33)43-41(34)40)42(31-12-3-2-4-13-31)32-22-20-28(21-23-32)30-19-18-27-10-5-6-11-29(27)26-30/h2-4,7-9,12-20,22-23,25-26,28,33-34,36,44H,5-6,10-11,21,24H2,1H3. The number of ether oxygens (including phenoxy) is 1. The lowest BCUT2D eigenvalue weighted by Crippen LogP contribution is -2.26. The van der Waals surface area contributed by atoms with Gasteiger partial charge in [0.2, 0.25) is 0 Å². The van der Waals surface area contributed by atoms with Crippen molar-refractivity contribution in [1.29, 1.82) is 0 Å². The highest BCUT2D eigenvalue weighted by Gasteiger charge is 2.47. The third-order valence-corrected chi connectivity index (χ3v) is 13.8. The molecule has 4 aliphatic carbocycles. The summed E-state index contributed by atoms with van der Waals surface area (Å²) in [6, 6.07) is 25.3. The Morgan fingerprint density at radius 3 is 2.55 bits per heavy atom. The summed E-state index contributed by atoms with van der Waals surface area (Å²) in [4.78, 5) is 2.52. The highest BCUT2D eigenvalue weighted by molar-refractivity contribution is 6.85. The molecule has 0 radical (unpaired) electrons. The Labute approximate surface area is 263 Å². The maximum Gasteiger partial charge on any atom is 0.124 e. The maximum absolute atomic E-state index is 6.85. The summed E-state index contributed by atoms with van der Waals surface area (Å²) in [6.07, 6.45) is 26.3. The van der Waals surface area contributed by atoms with Crippen molar-refractivity contribution in [2.24, 2.45) is 11.8 Å². The molecule has 0 bridgehead atoms. The van der Waals surface area contributed by atoms with Gasteiger partial charge in [0.1, 0.15) is 20.7 Å². The summed E-state index contributed by atoms with van der Waals surface area (Å²) in [5.41, 5.74) is 11.2. The van der Waals surface area contributed by atoms with Gasteiger partial charge in [-0.25, -0.2) is 0 Å². The molecule has 2 heterocycles. The van der Waals surface area contributed by atoms with E-state index in [0.717, 1.165) is 12.8 Å². The van der Waals surface area contributed by atoms with Gasteiger partial charge in [-0.15, -0.1) is 0 Å². The van der Waals surface area contributed by atoms with E-state index in [1.165, 1.54) is 65.2 Å². The van der Waals surface area contributed by atoms with Crippen LogP contribution in [0.1, 0.15) is 53.9 Å². The molecule has 2 nitrogen and oxygen atoms in total. The average Bonchev–Trinajstić information content (AvgIpc) is 3.61. The minimum atomic E-state index is -1.33. The molecule has 6 aliphatic rings. The SMILES string of the molecule is C[SiH]1C2=CCC3C(=C2c2c(N(C4=CCC(c5ccc6c(c5)CCCC6)C=C4)c4ccccc4)cccc21)OC1C=CC=CC13. The lowest BCUT2D eigenvalue weighted by molar-refractivity contribution is 0.186. The van der Waals surface area contributed by atoms with E-state index in [0.29, 0.717) is 17.8 Å². The van der Waals surface area contributed by atoms with Crippen LogP contribution in [0.2, 0.25) is 6.55 Å². The fraction of sp³-hybridized carbons (Fsp3) is 0.268. The largest absolute Gasteiger partial charge is 0.489 e. The third kappa shape index (κ3) is 4.13. The number of benzene rings is 3. The second-order valence-corrected chi connectivity index (χ2v) is 16.1. The predicted octanol–water partition coefficient (Wildman–Crippen LogP) is 8.75. The molecule has 0 amide bonds. The molecule has 5 atom stereocenters. The molecule has 1 saturated heterocycles. The van der Waals surface area contributed by atoms with Crippen LogP contribution in [-0.4, -0.2) is 14.9 Å². The molecule has 0 N–H and O–H groups in total. The first-order valence-electron chi connectivity index (χ1n) is 16.7. The number of rotatable bonds is 4. The summed E-state index contributed by atoms with van der Waals surface area (Å²) >= 11 is 0. The van der Waals surface area contributed by atoms with E-state index < -0.39 is 8.80 Å². The van der Waals surface area contributed by atoms with Gasteiger partial charge in [-0.3, -0.25) is 0 Å². The lowest BCUT2D eigenvalue weighted by Gasteiger charge is -2.32. The highest BCUT2D eigenvalue weighted by atomic mass is 28.3. The van der Waals surface area contributed by atoms with Crippen molar-refractivity contribution >= 4 is 30.9 Å². The molecule has 3 aromatic carbocycles. The summed E-state index contributed by atoms with van der Waals surface area (Å²) in [5, 5.41) is 3.13. The number of fused-ring (bicyclic) bond motifs is 7. The second-order valence-electron chi connectivity index (χ2n) is 13.4. The Bertz CT molecular complexity index is 1840. The monoisotopic (exact) mass is 589 g/mol. The summed E-state index contributed by atoms with van der Waals surface area (Å²) in [7, 11) is -1.33. The van der Waals surface area contributed by atoms with Gasteiger partial charge in [0.05, 0.1) is 5.69 Å². The first kappa shape index (κ1) is 26.3. The quantitative estimate of drug-likeness (QED) is 0.282. The smallest absolute Gasteiger partial charge is 0.124 e. The fourth-order valence-corrected chi connectivity index (χ4v) is 11.4. The van der Waals surface area contributed by atoms with E-state index in [-0.39, 0.29) is 6.10 Å². The van der Waals surface area contributed by atoms with Crippen LogP contribution >= 0.6 is 0 Å². The van der Waals surface area contributed by atoms with Gasteiger partial charge < -0.3 is 9.64 Å². The Morgan fingerprint density at radius 1 is 0.818 bits per heavy atom. The minimum absolute atomic E-state index is 0.156. The van der Waals surface area contributed by atoms with E-state index in [1.807, 2.05) is 0 Å². The van der Waals surface area contributed by atoms with E-state index in [1.54, 1.807) is 21.5 Å². The lowest BCUT2D eigenvalue weighted by atomic mass is 9.80. The number of para-hydroxylation sites is 1. The van der Waals surface area contributed by atoms with Gasteiger partial charge in [-0.1, -0.05) is 96.7 Å². The Kier molecular flexibility index (Phi) is 6.30. The Balaban J connectivity index is 1.14. The van der Waals surface area contributed by atoms with E-state index in [4.69, 9.17) is 4.74 Å². The first-order chi connectivity index (χ1) is 21.7. The topological polar surface area (TPSA) is 12.5 Å². The molecule has 3 heteroatoms. The van der Waals surface area contributed by atoms with Crippen molar-refractivity contribution in [1.82, 2.24) is 0 Å². The molecule has 0 spiro atoms. The van der Waals surface area contributed by atoms with E-state index >= 15 is 0 Å². The summed E-state index contributed by atoms with van der Waals surface area (Å²) in [5.74, 6) is 2.53. The minimum Gasteiger partial charge on any atom is -0.489 e. The van der Waals surface area contributed by atoms with Crippen LogP contribution in [0.3, 0.4) is 0 Å². The molecular formula is C41H39NOSi. The van der Waals surface area contributed by atoms with Crippen molar-refractivity contribution in [2.75, 3.05) is 4.90 Å². The van der Waals surface area contributed by atoms with Crippen LogP contribution in [0.25, 0.3) is 5.57 Å². The zero-order valence-electron chi connectivity index (χ0n) is 25.5. The second kappa shape index (κ2) is 10.5. The van der Waals surface area contributed by atoms with E-state index in [9.17, 15) is 0 Å². The molecule has 3 aromatic rings. The van der Waals surface area contributed by atoms with E-state index in [2.05, 4.69) is 127 Å². The van der Waals surface area contributed by atoms with Gasteiger partial charge in [0, 0.05) is 40.3 Å². The average molecular weight is 590 g/mol. The zero-order chi connectivity index (χ0) is 29.2. The summed E-state index contributed by atoms with van der Waals surface area (Å²) in [6.45, 7) is 2.51. The van der Waals surface area contributed by atoms with Gasteiger partial charge >= 0.3 is 0 Å². The van der Waals surface area contributed by atoms with Crippen LogP contribution in [-0.2, 0) is 17.6 Å². The van der Waals surface area contributed by atoms with Crippen molar-refractivity contribution < 1.29 is 4.74 Å². The van der Waals surface area contributed by atoms with Gasteiger partial charge in [0.25, 0.3) is 0 Å². The van der Waals surface area contributed by atoms with Crippen LogP contribution < -0.4 is 10.1 Å². The van der Waals surface area contributed by atoms with Crippen molar-refractivity contribution in [3.63, 3.8) is 0 Å². The molecule has 5 unspecified atom stereocenters. The zero-order valence-corrected chi connectivity index (χ0v) is 26.6. The summed E-state index contributed by atoms with van der Waals surface area (Å²) < 4.78 is 6.85. The number of anilines is 2. The molecule has 218 valence electrons. The van der Waals surface area contributed by atoms with Gasteiger partial charge in [-0.05, 0) is 90.8 Å². The number of hydrogen-bond donors (Lipinski definition) is 0. The molecule has 2 aliphatic heterocycles. The molecule has 0 aromatic heterocycles. The van der Waals surface area contributed by atoms with Crippen molar-refractivity contribution in [3.05, 3.63) is 154 Å². The molecule has 44 heavy (non-hydrogen) atoms. The Hall–Kier alpha value is -4.08. The van der Waals surface area contributed by atoms with Crippen molar-refractivity contribution in [3.8, 4) is 0 Å². The highest BCUT2D eigenvalue weighted by Crippen LogP contribution is 2.53. The van der Waals surface area contributed by atoms with Crippen LogP contribution in [0.4, 0.5) is 11.4 Å². The van der Waals surface area contributed by atoms with Gasteiger partial charge in [0.15, 0.2) is 0 Å². The third-order valence-electron chi connectivity index (χ3n) is 11.0. The van der Waals surface area contributed by atoms with Gasteiger partial charge in [-0.2, -0.15) is 0 Å². The first-order valence-corrected chi connectivity index (χ1v) is 19.0. The Morgan fingerprint density at radius 2 is 1.68 bits per heavy atom. The molecule has 1 fully saturated rings. The number of aryl methyl sites for hydroxylation is 2. The number of allylic oxidation sites excluding steroid dienone is 9. The van der Waals surface area contributed by atoms with Crippen LogP contribution in [0.5, 0.6) is 0 Å². The van der Waals surface area contributed by atoms with Crippen molar-refractivity contribution in [2.45, 2.75) is 57.1 Å².